The predicted molar refractivity (Wildman–Crippen MR) is 88.8 cm³/mol. The molecule has 5 nitrogen and oxygen atoms in total. The Hall–Kier alpha value is -2.21. The van der Waals surface area contributed by atoms with Crippen molar-refractivity contribution < 1.29 is 19.1 Å². The molecule has 1 heterocycles. The first-order valence-corrected chi connectivity index (χ1v) is 8.25. The first kappa shape index (κ1) is 17.1. The molecule has 1 aromatic heterocycles. The zero-order valence-corrected chi connectivity index (χ0v) is 13.9. The number of carbonyl (C=O) groups excluding carboxylic acids is 1. The molecular weight excluding hydrogens is 314 g/mol. The summed E-state index contributed by atoms with van der Waals surface area (Å²) in [5.41, 5.74) is 1.27. The molecule has 2 N–H and O–H groups in total. The number of thioether (sulfide) groups is 1. The lowest BCUT2D eigenvalue weighted by atomic mass is 10.0. The lowest BCUT2D eigenvalue weighted by molar-refractivity contribution is -0.118. The third-order valence-corrected chi connectivity index (χ3v) is 4.26. The van der Waals surface area contributed by atoms with Crippen molar-refractivity contribution in [2.24, 2.45) is 0 Å². The second-order valence-electron chi connectivity index (χ2n) is 5.36. The fourth-order valence-corrected chi connectivity index (χ4v) is 2.65. The molecule has 23 heavy (non-hydrogen) atoms. The summed E-state index contributed by atoms with van der Waals surface area (Å²) in [4.78, 5) is 23.5. The Kier molecular flexibility index (Phi) is 5.87. The largest absolute Gasteiger partial charge is 0.475 e. The Balaban J connectivity index is 1.77. The van der Waals surface area contributed by atoms with E-state index in [9.17, 15) is 9.59 Å². The average molecular weight is 333 g/mol. The van der Waals surface area contributed by atoms with Crippen molar-refractivity contribution in [1.82, 2.24) is 5.32 Å². The standard InChI is InChI=1S/C17H19NO4S/c1-11(2)12-3-6-14(7-4-12)23-10-16(19)18-9-13-5-8-15(22-13)17(20)21/h3-8,11H,9-10H2,1-2H3,(H,18,19)(H,20,21). The van der Waals surface area contributed by atoms with E-state index in [2.05, 4.69) is 31.3 Å². The van der Waals surface area contributed by atoms with Gasteiger partial charge >= 0.3 is 5.97 Å². The molecule has 2 aromatic rings. The van der Waals surface area contributed by atoms with Gasteiger partial charge in [-0.15, -0.1) is 11.8 Å². The van der Waals surface area contributed by atoms with Gasteiger partial charge in [0.25, 0.3) is 0 Å². The normalized spacial score (nSPS) is 10.7. The maximum Gasteiger partial charge on any atom is 0.371 e. The Labute approximate surface area is 139 Å². The molecule has 6 heteroatoms. The number of aromatic carboxylic acids is 1. The summed E-state index contributed by atoms with van der Waals surface area (Å²) in [6.45, 7) is 4.46. The van der Waals surface area contributed by atoms with Crippen molar-refractivity contribution in [3.05, 3.63) is 53.5 Å². The fraction of sp³-hybridized carbons (Fsp3) is 0.294. The summed E-state index contributed by atoms with van der Waals surface area (Å²) >= 11 is 1.46. The lowest BCUT2D eigenvalue weighted by Gasteiger charge is -2.07. The molecule has 0 spiro atoms. The van der Waals surface area contributed by atoms with Gasteiger partial charge in [0, 0.05) is 4.90 Å². The van der Waals surface area contributed by atoms with E-state index in [1.807, 2.05) is 12.1 Å². The number of rotatable bonds is 7. The zero-order valence-electron chi connectivity index (χ0n) is 13.0. The van der Waals surface area contributed by atoms with Gasteiger partial charge in [0.15, 0.2) is 0 Å². The van der Waals surface area contributed by atoms with Crippen LogP contribution in [-0.2, 0) is 11.3 Å². The van der Waals surface area contributed by atoms with Crippen LogP contribution < -0.4 is 5.32 Å². The summed E-state index contributed by atoms with van der Waals surface area (Å²) in [7, 11) is 0. The van der Waals surface area contributed by atoms with Crippen LogP contribution in [0.25, 0.3) is 0 Å². The number of hydrogen-bond acceptors (Lipinski definition) is 4. The molecule has 0 aliphatic rings. The third kappa shape index (κ3) is 5.17. The van der Waals surface area contributed by atoms with Gasteiger partial charge in [0.1, 0.15) is 5.76 Å². The molecule has 0 aliphatic carbocycles. The Morgan fingerprint density at radius 2 is 1.87 bits per heavy atom. The van der Waals surface area contributed by atoms with E-state index < -0.39 is 5.97 Å². The Morgan fingerprint density at radius 3 is 2.43 bits per heavy atom. The third-order valence-electron chi connectivity index (χ3n) is 3.25. The average Bonchev–Trinajstić information content (AvgIpc) is 3.00. The second-order valence-corrected chi connectivity index (χ2v) is 6.41. The summed E-state index contributed by atoms with van der Waals surface area (Å²) in [5.74, 6) is -0.176. The minimum absolute atomic E-state index is 0.129. The number of amides is 1. The lowest BCUT2D eigenvalue weighted by Crippen LogP contribution is -2.24. The topological polar surface area (TPSA) is 79.5 Å². The van der Waals surface area contributed by atoms with Gasteiger partial charge in [-0.25, -0.2) is 4.79 Å². The van der Waals surface area contributed by atoms with Crippen molar-refractivity contribution >= 4 is 23.6 Å². The molecule has 0 unspecified atom stereocenters. The van der Waals surface area contributed by atoms with E-state index in [1.165, 1.54) is 23.4 Å². The number of hydrogen-bond donors (Lipinski definition) is 2. The molecule has 0 radical (unpaired) electrons. The minimum Gasteiger partial charge on any atom is -0.475 e. The number of nitrogens with one attached hydrogen (secondary N) is 1. The molecule has 122 valence electrons. The number of carboxylic acid groups (broad SMARTS) is 1. The van der Waals surface area contributed by atoms with Crippen LogP contribution in [0.2, 0.25) is 0 Å². The van der Waals surface area contributed by atoms with Crippen molar-refractivity contribution in [2.75, 3.05) is 5.75 Å². The van der Waals surface area contributed by atoms with E-state index >= 15 is 0 Å². The Morgan fingerprint density at radius 1 is 1.17 bits per heavy atom. The molecular formula is C17H19NO4S. The number of carbonyl (C=O) groups is 2. The highest BCUT2D eigenvalue weighted by Gasteiger charge is 2.10. The van der Waals surface area contributed by atoms with E-state index in [1.54, 1.807) is 6.07 Å². The van der Waals surface area contributed by atoms with Crippen molar-refractivity contribution in [2.45, 2.75) is 31.2 Å². The van der Waals surface area contributed by atoms with E-state index in [4.69, 9.17) is 9.52 Å². The van der Waals surface area contributed by atoms with E-state index in [0.717, 1.165) is 4.90 Å². The fourth-order valence-electron chi connectivity index (χ4n) is 1.92. The van der Waals surface area contributed by atoms with Gasteiger partial charge in [0.2, 0.25) is 11.7 Å². The van der Waals surface area contributed by atoms with E-state index in [-0.39, 0.29) is 18.2 Å². The van der Waals surface area contributed by atoms with Crippen LogP contribution in [0, 0.1) is 0 Å². The molecule has 2 rings (SSSR count). The molecule has 0 saturated carbocycles. The summed E-state index contributed by atoms with van der Waals surface area (Å²) < 4.78 is 5.07. The van der Waals surface area contributed by atoms with Gasteiger partial charge in [-0.3, -0.25) is 4.79 Å². The highest BCUT2D eigenvalue weighted by Crippen LogP contribution is 2.21. The van der Waals surface area contributed by atoms with Crippen molar-refractivity contribution in [3.63, 3.8) is 0 Å². The maximum absolute atomic E-state index is 11.8. The van der Waals surface area contributed by atoms with Crippen molar-refractivity contribution in [3.8, 4) is 0 Å². The Bertz CT molecular complexity index is 676. The predicted octanol–water partition coefficient (Wildman–Crippen LogP) is 3.51. The van der Waals surface area contributed by atoms with Gasteiger partial charge in [-0.1, -0.05) is 26.0 Å². The van der Waals surface area contributed by atoms with Gasteiger partial charge in [-0.2, -0.15) is 0 Å². The summed E-state index contributed by atoms with van der Waals surface area (Å²) in [6, 6.07) is 11.1. The van der Waals surface area contributed by atoms with Crippen LogP contribution in [0.1, 0.15) is 41.6 Å². The van der Waals surface area contributed by atoms with Crippen LogP contribution in [0.4, 0.5) is 0 Å². The molecule has 0 atom stereocenters. The van der Waals surface area contributed by atoms with Crippen LogP contribution >= 0.6 is 11.8 Å². The molecule has 0 bridgehead atoms. The first-order chi connectivity index (χ1) is 11.0. The van der Waals surface area contributed by atoms with Crippen LogP contribution in [0.3, 0.4) is 0 Å². The first-order valence-electron chi connectivity index (χ1n) is 7.27. The van der Waals surface area contributed by atoms with E-state index in [0.29, 0.717) is 17.4 Å². The van der Waals surface area contributed by atoms with Gasteiger partial charge < -0.3 is 14.8 Å². The van der Waals surface area contributed by atoms with Crippen LogP contribution in [0.15, 0.2) is 45.7 Å². The molecule has 1 amide bonds. The van der Waals surface area contributed by atoms with Gasteiger partial charge in [-0.05, 0) is 35.7 Å². The number of furan rings is 1. The highest BCUT2D eigenvalue weighted by molar-refractivity contribution is 8.00. The monoisotopic (exact) mass is 333 g/mol. The quantitative estimate of drug-likeness (QED) is 0.758. The smallest absolute Gasteiger partial charge is 0.371 e. The van der Waals surface area contributed by atoms with Gasteiger partial charge in [0.05, 0.1) is 12.3 Å². The molecule has 0 aliphatic heterocycles. The van der Waals surface area contributed by atoms with Crippen LogP contribution in [-0.4, -0.2) is 22.7 Å². The zero-order chi connectivity index (χ0) is 16.8. The van der Waals surface area contributed by atoms with Crippen molar-refractivity contribution in [1.29, 1.82) is 0 Å². The second kappa shape index (κ2) is 7.87. The summed E-state index contributed by atoms with van der Waals surface area (Å²) in [6.07, 6.45) is 0. The highest BCUT2D eigenvalue weighted by atomic mass is 32.2. The SMILES string of the molecule is CC(C)c1ccc(SCC(=O)NCc2ccc(C(=O)O)o2)cc1. The maximum atomic E-state index is 11.8. The van der Waals surface area contributed by atoms with Crippen LogP contribution in [0.5, 0.6) is 0 Å². The molecule has 0 fully saturated rings. The summed E-state index contributed by atoms with van der Waals surface area (Å²) in [5, 5.41) is 11.5. The minimum atomic E-state index is -1.12. The molecule has 0 saturated heterocycles. The number of benzene rings is 1. The molecule has 1 aromatic carbocycles. The number of carboxylic acids is 1.